The summed E-state index contributed by atoms with van der Waals surface area (Å²) in [7, 11) is -3.44. The molecular formula is C26H34N2O4S. The summed E-state index contributed by atoms with van der Waals surface area (Å²) in [6.45, 7) is 3.90. The highest BCUT2D eigenvalue weighted by atomic mass is 32.2. The van der Waals surface area contributed by atoms with Gasteiger partial charge in [0.05, 0.1) is 16.6 Å². The van der Waals surface area contributed by atoms with Crippen molar-refractivity contribution in [3.63, 3.8) is 0 Å². The van der Waals surface area contributed by atoms with Crippen molar-refractivity contribution in [1.82, 2.24) is 10.2 Å². The molecule has 6 nitrogen and oxygen atoms in total. The molecule has 1 unspecified atom stereocenters. The van der Waals surface area contributed by atoms with E-state index in [0.29, 0.717) is 30.8 Å². The van der Waals surface area contributed by atoms with Gasteiger partial charge in [-0.25, -0.2) is 8.42 Å². The Kier molecular flexibility index (Phi) is 9.06. The highest BCUT2D eigenvalue weighted by molar-refractivity contribution is 7.90. The maximum atomic E-state index is 13.0. The first-order valence-electron chi connectivity index (χ1n) is 11.8. The number of benzene rings is 2. The number of carbonyl (C=O) groups excluding carboxylic acids is 2. The largest absolute Gasteiger partial charge is 0.356 e. The third-order valence-corrected chi connectivity index (χ3v) is 7.77. The Hall–Kier alpha value is -2.67. The molecule has 0 radical (unpaired) electrons. The van der Waals surface area contributed by atoms with Crippen LogP contribution in [-0.2, 0) is 20.4 Å². The number of hydrogen-bond donors (Lipinski definition) is 1. The van der Waals surface area contributed by atoms with Crippen LogP contribution >= 0.6 is 0 Å². The summed E-state index contributed by atoms with van der Waals surface area (Å²) in [5.74, 6) is -0.377. The van der Waals surface area contributed by atoms with E-state index in [1.807, 2.05) is 0 Å². The van der Waals surface area contributed by atoms with Gasteiger partial charge in [0.15, 0.2) is 9.84 Å². The number of rotatable bonds is 10. The predicted molar refractivity (Wildman–Crippen MR) is 130 cm³/mol. The number of nitrogens with one attached hydrogen (secondary N) is 1. The van der Waals surface area contributed by atoms with E-state index in [1.165, 1.54) is 6.42 Å². The molecule has 2 amide bonds. The minimum atomic E-state index is -3.44. The molecule has 1 aliphatic rings. The topological polar surface area (TPSA) is 83.6 Å². The van der Waals surface area contributed by atoms with Crippen molar-refractivity contribution in [2.45, 2.75) is 56.1 Å². The lowest BCUT2D eigenvalue weighted by Gasteiger charge is -2.32. The highest BCUT2D eigenvalue weighted by Gasteiger charge is 2.28. The van der Waals surface area contributed by atoms with Crippen molar-refractivity contribution in [2.75, 3.05) is 19.6 Å². The first kappa shape index (κ1) is 25.0. The zero-order valence-electron chi connectivity index (χ0n) is 19.3. The molecule has 0 spiro atoms. The SMILES string of the molecule is CCCCCCNC(=O)C1CCCN(C(=O)c2ccc(CS(=O)(=O)c3ccccc3)cc2)C1. The Morgan fingerprint density at radius 1 is 1.00 bits per heavy atom. The van der Waals surface area contributed by atoms with Gasteiger partial charge in [-0.2, -0.15) is 0 Å². The minimum absolute atomic E-state index is 0.0328. The van der Waals surface area contributed by atoms with Crippen LogP contribution in [0.5, 0.6) is 0 Å². The van der Waals surface area contributed by atoms with Crippen LogP contribution in [0, 0.1) is 5.92 Å². The van der Waals surface area contributed by atoms with Gasteiger partial charge in [-0.1, -0.05) is 56.5 Å². The second-order valence-electron chi connectivity index (χ2n) is 8.71. The fraction of sp³-hybridized carbons (Fsp3) is 0.462. The summed E-state index contributed by atoms with van der Waals surface area (Å²) >= 11 is 0. The number of carbonyl (C=O) groups is 2. The maximum absolute atomic E-state index is 13.0. The molecule has 0 bridgehead atoms. The van der Waals surface area contributed by atoms with E-state index in [0.717, 1.165) is 32.1 Å². The molecule has 7 heteroatoms. The van der Waals surface area contributed by atoms with Crippen molar-refractivity contribution < 1.29 is 18.0 Å². The number of amides is 2. The van der Waals surface area contributed by atoms with Gasteiger partial charge in [-0.3, -0.25) is 9.59 Å². The molecule has 1 N–H and O–H groups in total. The molecule has 2 aromatic rings. The second-order valence-corrected chi connectivity index (χ2v) is 10.7. The fourth-order valence-corrected chi connectivity index (χ4v) is 5.51. The van der Waals surface area contributed by atoms with E-state index < -0.39 is 9.84 Å². The monoisotopic (exact) mass is 470 g/mol. The Morgan fingerprint density at radius 2 is 1.73 bits per heavy atom. The van der Waals surface area contributed by atoms with Gasteiger partial charge in [-0.15, -0.1) is 0 Å². The van der Waals surface area contributed by atoms with Crippen LogP contribution in [0.15, 0.2) is 59.5 Å². The summed E-state index contributed by atoms with van der Waals surface area (Å²) in [6.07, 6.45) is 6.04. The van der Waals surface area contributed by atoms with E-state index >= 15 is 0 Å². The lowest BCUT2D eigenvalue weighted by molar-refractivity contribution is -0.126. The van der Waals surface area contributed by atoms with Crippen LogP contribution in [0.4, 0.5) is 0 Å². The molecule has 1 heterocycles. The number of unbranched alkanes of at least 4 members (excludes halogenated alkanes) is 3. The zero-order chi connectivity index (χ0) is 23.7. The van der Waals surface area contributed by atoms with Gasteiger partial charge in [-0.05, 0) is 49.1 Å². The Balaban J connectivity index is 1.55. The van der Waals surface area contributed by atoms with Crippen molar-refractivity contribution in [2.24, 2.45) is 5.92 Å². The fourth-order valence-electron chi connectivity index (χ4n) is 4.14. The predicted octanol–water partition coefficient (Wildman–Crippen LogP) is 4.21. The number of sulfone groups is 1. The van der Waals surface area contributed by atoms with E-state index in [1.54, 1.807) is 59.5 Å². The van der Waals surface area contributed by atoms with E-state index in [9.17, 15) is 18.0 Å². The third-order valence-electron chi connectivity index (χ3n) is 6.07. The standard InChI is InChI=1S/C26H34N2O4S/c1-2-3-4-8-17-27-25(29)23-10-9-18-28(19-23)26(30)22-15-13-21(14-16-22)20-33(31,32)24-11-6-5-7-12-24/h5-7,11-16,23H,2-4,8-10,17-20H2,1H3,(H,27,29). The van der Waals surface area contributed by atoms with Gasteiger partial charge >= 0.3 is 0 Å². The first-order chi connectivity index (χ1) is 15.9. The molecule has 1 fully saturated rings. The molecule has 178 valence electrons. The third kappa shape index (κ3) is 7.16. The van der Waals surface area contributed by atoms with Crippen molar-refractivity contribution in [1.29, 1.82) is 0 Å². The summed E-state index contributed by atoms with van der Waals surface area (Å²) in [5.41, 5.74) is 1.14. The summed E-state index contributed by atoms with van der Waals surface area (Å²) in [6, 6.07) is 15.1. The first-order valence-corrected chi connectivity index (χ1v) is 13.5. The molecule has 3 rings (SSSR count). The molecular weight excluding hydrogens is 436 g/mol. The van der Waals surface area contributed by atoms with Crippen LogP contribution in [0.25, 0.3) is 0 Å². The number of nitrogens with zero attached hydrogens (tertiary/aromatic N) is 1. The Bertz CT molecular complexity index is 1020. The molecule has 0 saturated carbocycles. The van der Waals surface area contributed by atoms with E-state index in [-0.39, 0.29) is 28.4 Å². The highest BCUT2D eigenvalue weighted by Crippen LogP contribution is 2.21. The lowest BCUT2D eigenvalue weighted by Crippen LogP contribution is -2.45. The smallest absolute Gasteiger partial charge is 0.253 e. The maximum Gasteiger partial charge on any atom is 0.253 e. The summed E-state index contributed by atoms with van der Waals surface area (Å²) in [4.78, 5) is 27.5. The van der Waals surface area contributed by atoms with Crippen molar-refractivity contribution >= 4 is 21.7 Å². The molecule has 0 aromatic heterocycles. The molecule has 2 aromatic carbocycles. The van der Waals surface area contributed by atoms with Gasteiger partial charge in [0.1, 0.15) is 0 Å². The Labute approximate surface area is 197 Å². The second kappa shape index (κ2) is 12.0. The zero-order valence-corrected chi connectivity index (χ0v) is 20.1. The van der Waals surface area contributed by atoms with Gasteiger partial charge in [0, 0.05) is 25.2 Å². The molecule has 0 aliphatic carbocycles. The molecule has 33 heavy (non-hydrogen) atoms. The van der Waals surface area contributed by atoms with Crippen LogP contribution < -0.4 is 5.32 Å². The molecule has 1 atom stereocenters. The minimum Gasteiger partial charge on any atom is -0.356 e. The van der Waals surface area contributed by atoms with Gasteiger partial charge in [0.2, 0.25) is 5.91 Å². The van der Waals surface area contributed by atoms with Gasteiger partial charge in [0.25, 0.3) is 5.91 Å². The van der Waals surface area contributed by atoms with E-state index in [2.05, 4.69) is 12.2 Å². The molecule has 1 saturated heterocycles. The van der Waals surface area contributed by atoms with Crippen LogP contribution in [0.2, 0.25) is 0 Å². The lowest BCUT2D eigenvalue weighted by atomic mass is 9.96. The van der Waals surface area contributed by atoms with Crippen molar-refractivity contribution in [3.05, 3.63) is 65.7 Å². The van der Waals surface area contributed by atoms with Crippen LogP contribution in [0.1, 0.15) is 61.4 Å². The van der Waals surface area contributed by atoms with Gasteiger partial charge < -0.3 is 10.2 Å². The average molecular weight is 471 g/mol. The quantitative estimate of drug-likeness (QED) is 0.527. The number of piperidine rings is 1. The van der Waals surface area contributed by atoms with Crippen LogP contribution in [-0.4, -0.2) is 44.8 Å². The van der Waals surface area contributed by atoms with Crippen molar-refractivity contribution in [3.8, 4) is 0 Å². The van der Waals surface area contributed by atoms with Crippen LogP contribution in [0.3, 0.4) is 0 Å². The van der Waals surface area contributed by atoms with E-state index in [4.69, 9.17) is 0 Å². The summed E-state index contributed by atoms with van der Waals surface area (Å²) in [5, 5.41) is 3.02. The number of likely N-dealkylation sites (tertiary alicyclic amines) is 1. The Morgan fingerprint density at radius 3 is 2.42 bits per heavy atom. The average Bonchev–Trinajstić information content (AvgIpc) is 2.84. The molecule has 1 aliphatic heterocycles. The summed E-state index contributed by atoms with van der Waals surface area (Å²) < 4.78 is 25.2. The number of hydrogen-bond acceptors (Lipinski definition) is 4. The normalized spacial score (nSPS) is 16.4.